The highest BCUT2D eigenvalue weighted by Gasteiger charge is 2.30. The van der Waals surface area contributed by atoms with Crippen molar-refractivity contribution in [3.05, 3.63) is 48.2 Å². The number of ether oxygens (including phenoxy) is 1. The lowest BCUT2D eigenvalue weighted by atomic mass is 10.0. The molecule has 128 valence electrons. The van der Waals surface area contributed by atoms with E-state index < -0.39 is 6.04 Å². The van der Waals surface area contributed by atoms with E-state index in [9.17, 15) is 9.59 Å². The Morgan fingerprint density at radius 3 is 2.96 bits per heavy atom. The Morgan fingerprint density at radius 2 is 2.20 bits per heavy atom. The van der Waals surface area contributed by atoms with Crippen molar-refractivity contribution in [1.82, 2.24) is 15.6 Å². The first kappa shape index (κ1) is 15.6. The Labute approximate surface area is 145 Å². The molecule has 0 spiro atoms. The molecule has 1 aromatic carbocycles. The van der Waals surface area contributed by atoms with Gasteiger partial charge in [0.05, 0.1) is 12.2 Å². The Hall–Kier alpha value is -2.89. The summed E-state index contributed by atoms with van der Waals surface area (Å²) < 4.78 is 6.08. The Kier molecular flexibility index (Phi) is 4.09. The van der Waals surface area contributed by atoms with Crippen molar-refractivity contribution >= 4 is 11.8 Å². The van der Waals surface area contributed by atoms with Gasteiger partial charge >= 0.3 is 0 Å². The summed E-state index contributed by atoms with van der Waals surface area (Å²) in [6, 6.07) is 11.4. The molecule has 2 N–H and O–H groups in total. The number of carbonyl (C=O) groups is 2. The molecule has 2 aliphatic heterocycles. The van der Waals surface area contributed by atoms with Gasteiger partial charge in [0.2, 0.25) is 11.8 Å². The van der Waals surface area contributed by atoms with Gasteiger partial charge in [-0.05, 0) is 30.2 Å². The number of para-hydroxylation sites is 1. The minimum atomic E-state index is -0.416. The van der Waals surface area contributed by atoms with Crippen LogP contribution in [-0.2, 0) is 16.0 Å². The number of amides is 2. The molecule has 25 heavy (non-hydrogen) atoms. The van der Waals surface area contributed by atoms with Crippen molar-refractivity contribution in [2.45, 2.75) is 31.4 Å². The van der Waals surface area contributed by atoms with Crippen LogP contribution in [-0.4, -0.2) is 35.5 Å². The average Bonchev–Trinajstić information content (AvgIpc) is 3.26. The average molecular weight is 337 g/mol. The molecule has 1 saturated heterocycles. The Bertz CT molecular complexity index is 807. The van der Waals surface area contributed by atoms with Gasteiger partial charge in [0, 0.05) is 24.6 Å². The summed E-state index contributed by atoms with van der Waals surface area (Å²) in [5.74, 6) is 0.634. The molecule has 2 aliphatic rings. The molecule has 2 atom stereocenters. The van der Waals surface area contributed by atoms with Crippen molar-refractivity contribution in [3.8, 4) is 17.0 Å². The van der Waals surface area contributed by atoms with Crippen molar-refractivity contribution in [2.75, 3.05) is 6.54 Å². The first-order valence-electron chi connectivity index (χ1n) is 8.48. The van der Waals surface area contributed by atoms with Gasteiger partial charge in [0.1, 0.15) is 17.9 Å². The third-order valence-corrected chi connectivity index (χ3v) is 4.59. The van der Waals surface area contributed by atoms with Gasteiger partial charge in [0.15, 0.2) is 0 Å². The monoisotopic (exact) mass is 337 g/mol. The maximum absolute atomic E-state index is 12.1. The van der Waals surface area contributed by atoms with Crippen molar-refractivity contribution < 1.29 is 14.3 Å². The molecule has 0 bridgehead atoms. The largest absolute Gasteiger partial charge is 0.487 e. The fraction of sp³-hybridized carbons (Fsp3) is 0.316. The molecule has 3 heterocycles. The zero-order valence-electron chi connectivity index (χ0n) is 13.7. The number of hydrogen-bond acceptors (Lipinski definition) is 4. The summed E-state index contributed by atoms with van der Waals surface area (Å²) in [6.45, 7) is 0.418. The molecule has 0 aliphatic carbocycles. The van der Waals surface area contributed by atoms with E-state index in [1.165, 1.54) is 0 Å². The molecule has 4 rings (SSSR count). The Morgan fingerprint density at radius 1 is 1.28 bits per heavy atom. The van der Waals surface area contributed by atoms with Crippen molar-refractivity contribution in [2.24, 2.45) is 0 Å². The maximum Gasteiger partial charge on any atom is 0.242 e. The van der Waals surface area contributed by atoms with Crippen molar-refractivity contribution in [1.29, 1.82) is 0 Å². The number of carbonyl (C=O) groups excluding carboxylic acids is 2. The van der Waals surface area contributed by atoms with Crippen LogP contribution in [0.15, 0.2) is 42.6 Å². The minimum absolute atomic E-state index is 0.0651. The molecular weight excluding hydrogens is 318 g/mol. The first-order chi connectivity index (χ1) is 12.2. The van der Waals surface area contributed by atoms with Gasteiger partial charge in [-0.3, -0.25) is 14.6 Å². The molecule has 6 nitrogen and oxygen atoms in total. The second-order valence-electron chi connectivity index (χ2n) is 6.36. The molecular formula is C19H19N3O3. The topological polar surface area (TPSA) is 80.3 Å². The van der Waals surface area contributed by atoms with Gasteiger partial charge in [-0.25, -0.2) is 0 Å². The predicted molar refractivity (Wildman–Crippen MR) is 92.0 cm³/mol. The molecule has 6 heteroatoms. The summed E-state index contributed by atoms with van der Waals surface area (Å²) in [5.41, 5.74) is 2.96. The molecule has 1 fully saturated rings. The van der Waals surface area contributed by atoms with Gasteiger partial charge in [-0.1, -0.05) is 18.2 Å². The minimum Gasteiger partial charge on any atom is -0.487 e. The number of nitrogens with one attached hydrogen (secondary N) is 2. The lowest BCUT2D eigenvalue weighted by Gasteiger charge is -2.15. The Balaban J connectivity index is 1.42. The predicted octanol–water partition coefficient (Wildman–Crippen LogP) is 1.45. The second kappa shape index (κ2) is 6.55. The highest BCUT2D eigenvalue weighted by atomic mass is 16.5. The van der Waals surface area contributed by atoms with E-state index in [-0.39, 0.29) is 17.9 Å². The second-order valence-corrected chi connectivity index (χ2v) is 6.36. The van der Waals surface area contributed by atoms with E-state index in [0.29, 0.717) is 19.4 Å². The normalized spacial score (nSPS) is 21.4. The number of pyridine rings is 1. The van der Waals surface area contributed by atoms with Crippen LogP contribution in [0.2, 0.25) is 0 Å². The fourth-order valence-electron chi connectivity index (χ4n) is 3.32. The van der Waals surface area contributed by atoms with Crippen LogP contribution in [0.1, 0.15) is 18.4 Å². The van der Waals surface area contributed by atoms with E-state index >= 15 is 0 Å². The molecule has 0 saturated carbocycles. The van der Waals surface area contributed by atoms with E-state index in [4.69, 9.17) is 4.74 Å². The van der Waals surface area contributed by atoms with Crippen LogP contribution in [0, 0.1) is 0 Å². The zero-order valence-corrected chi connectivity index (χ0v) is 13.7. The van der Waals surface area contributed by atoms with E-state index in [0.717, 1.165) is 29.0 Å². The van der Waals surface area contributed by atoms with Crippen molar-refractivity contribution in [3.63, 3.8) is 0 Å². The van der Waals surface area contributed by atoms with Gasteiger partial charge < -0.3 is 15.4 Å². The molecule has 2 amide bonds. The molecule has 1 aromatic heterocycles. The first-order valence-corrected chi connectivity index (χ1v) is 8.48. The van der Waals surface area contributed by atoms with Crippen LogP contribution in [0.3, 0.4) is 0 Å². The SMILES string of the molecule is O=C1CC[C@@H](C(=O)NCC2Cc3cccc(-c4ccccn4)c3O2)N1. The zero-order chi connectivity index (χ0) is 17.2. The molecule has 2 aromatic rings. The molecule has 0 radical (unpaired) electrons. The van der Waals surface area contributed by atoms with Crippen LogP contribution < -0.4 is 15.4 Å². The number of nitrogens with zero attached hydrogens (tertiary/aromatic N) is 1. The van der Waals surface area contributed by atoms with Gasteiger partial charge in [-0.2, -0.15) is 0 Å². The van der Waals surface area contributed by atoms with Gasteiger partial charge in [-0.15, -0.1) is 0 Å². The van der Waals surface area contributed by atoms with E-state index in [1.807, 2.05) is 36.4 Å². The van der Waals surface area contributed by atoms with E-state index in [1.54, 1.807) is 6.20 Å². The van der Waals surface area contributed by atoms with Crippen LogP contribution in [0.4, 0.5) is 0 Å². The third-order valence-electron chi connectivity index (χ3n) is 4.59. The highest BCUT2D eigenvalue weighted by molar-refractivity contribution is 5.90. The quantitative estimate of drug-likeness (QED) is 0.885. The summed E-state index contributed by atoms with van der Waals surface area (Å²) in [4.78, 5) is 27.7. The van der Waals surface area contributed by atoms with E-state index in [2.05, 4.69) is 15.6 Å². The molecule has 1 unspecified atom stereocenters. The summed E-state index contributed by atoms with van der Waals surface area (Å²) >= 11 is 0. The smallest absolute Gasteiger partial charge is 0.242 e. The summed E-state index contributed by atoms with van der Waals surface area (Å²) in [6.07, 6.45) is 3.36. The number of fused-ring (bicyclic) bond motifs is 1. The van der Waals surface area contributed by atoms with Gasteiger partial charge in [0.25, 0.3) is 0 Å². The number of rotatable bonds is 4. The number of aromatic nitrogens is 1. The lowest BCUT2D eigenvalue weighted by Crippen LogP contribution is -2.44. The van der Waals surface area contributed by atoms with Crippen LogP contribution in [0.5, 0.6) is 5.75 Å². The number of hydrogen-bond donors (Lipinski definition) is 2. The summed E-state index contributed by atoms with van der Waals surface area (Å²) in [5, 5.41) is 5.56. The standard InChI is InChI=1S/C19H19N3O3/c23-17-8-7-16(22-17)19(24)21-11-13-10-12-4-3-5-14(18(12)25-13)15-6-1-2-9-20-15/h1-6,9,13,16H,7-8,10-11H2,(H,21,24)(H,22,23)/t13?,16-/m0/s1. The highest BCUT2D eigenvalue weighted by Crippen LogP contribution is 2.37. The van der Waals surface area contributed by atoms with Crippen LogP contribution >= 0.6 is 0 Å². The lowest BCUT2D eigenvalue weighted by molar-refractivity contribution is -0.126. The van der Waals surface area contributed by atoms with Crippen LogP contribution in [0.25, 0.3) is 11.3 Å². The number of benzene rings is 1. The fourth-order valence-corrected chi connectivity index (χ4v) is 3.32. The third kappa shape index (κ3) is 3.20. The maximum atomic E-state index is 12.1. The summed E-state index contributed by atoms with van der Waals surface area (Å²) in [7, 11) is 0.